The molecule has 0 saturated heterocycles. The molecule has 12 heavy (non-hydrogen) atoms. The summed E-state index contributed by atoms with van der Waals surface area (Å²) in [5, 5.41) is 8.66. The molecule has 0 aromatic rings. The second-order valence-corrected chi connectivity index (χ2v) is 3.99. The van der Waals surface area contributed by atoms with E-state index in [1.807, 2.05) is 20.8 Å². The van der Waals surface area contributed by atoms with E-state index in [9.17, 15) is 4.79 Å². The van der Waals surface area contributed by atoms with Gasteiger partial charge in [0.05, 0.1) is 0 Å². The number of carboxylic acid groups (broad SMARTS) is 1. The molecular formula is C8H18N2O2. The first-order chi connectivity index (χ1) is 5.27. The molecule has 4 heteroatoms. The second-order valence-electron chi connectivity index (χ2n) is 3.99. The van der Waals surface area contributed by atoms with Crippen LogP contribution in [0.25, 0.3) is 0 Å². The predicted molar refractivity (Wildman–Crippen MR) is 47.7 cm³/mol. The Labute approximate surface area is 72.9 Å². The van der Waals surface area contributed by atoms with Crippen molar-refractivity contribution >= 4 is 5.97 Å². The number of hydrogen-bond donors (Lipinski definition) is 3. The zero-order valence-corrected chi connectivity index (χ0v) is 7.87. The van der Waals surface area contributed by atoms with Crippen LogP contribution in [-0.4, -0.2) is 23.2 Å². The molecule has 0 heterocycles. The lowest BCUT2D eigenvalue weighted by molar-refractivity contribution is -0.141. The first kappa shape index (κ1) is 11.4. The van der Waals surface area contributed by atoms with Crippen LogP contribution in [0.3, 0.4) is 0 Å². The third-order valence-corrected chi connectivity index (χ3v) is 1.96. The fourth-order valence-electron chi connectivity index (χ4n) is 1.29. The molecule has 0 radical (unpaired) electrons. The Balaban J connectivity index is 4.28. The third kappa shape index (κ3) is 3.19. The maximum Gasteiger partial charge on any atom is 0.321 e. The molecule has 0 bridgehead atoms. The minimum atomic E-state index is -0.972. The highest BCUT2D eigenvalue weighted by Crippen LogP contribution is 2.25. The van der Waals surface area contributed by atoms with E-state index < -0.39 is 17.4 Å². The van der Waals surface area contributed by atoms with Crippen molar-refractivity contribution in [3.05, 3.63) is 0 Å². The van der Waals surface area contributed by atoms with Gasteiger partial charge in [0, 0.05) is 6.04 Å². The van der Waals surface area contributed by atoms with Gasteiger partial charge >= 0.3 is 5.97 Å². The van der Waals surface area contributed by atoms with E-state index in [2.05, 4.69) is 0 Å². The van der Waals surface area contributed by atoms with E-state index in [4.69, 9.17) is 16.6 Å². The first-order valence-electron chi connectivity index (χ1n) is 4.01. The molecule has 2 atom stereocenters. The van der Waals surface area contributed by atoms with Crippen LogP contribution in [0, 0.1) is 5.41 Å². The maximum absolute atomic E-state index is 10.6. The van der Waals surface area contributed by atoms with E-state index in [-0.39, 0.29) is 6.04 Å². The summed E-state index contributed by atoms with van der Waals surface area (Å²) in [5.74, 6) is -0.972. The van der Waals surface area contributed by atoms with Crippen LogP contribution in [0.2, 0.25) is 0 Å². The quantitative estimate of drug-likeness (QED) is 0.566. The molecule has 0 saturated carbocycles. The van der Waals surface area contributed by atoms with E-state index in [1.54, 1.807) is 0 Å². The Morgan fingerprint density at radius 1 is 1.50 bits per heavy atom. The second kappa shape index (κ2) is 3.87. The number of aliphatic carboxylic acids is 1. The van der Waals surface area contributed by atoms with Crippen molar-refractivity contribution in [2.75, 3.05) is 0 Å². The number of nitrogens with two attached hydrogens (primary N) is 2. The van der Waals surface area contributed by atoms with Crippen LogP contribution >= 0.6 is 0 Å². The van der Waals surface area contributed by atoms with Crippen molar-refractivity contribution in [1.82, 2.24) is 0 Å². The van der Waals surface area contributed by atoms with Crippen LogP contribution in [0.5, 0.6) is 0 Å². The van der Waals surface area contributed by atoms with Crippen molar-refractivity contribution in [3.8, 4) is 0 Å². The molecule has 0 aromatic heterocycles. The zero-order valence-electron chi connectivity index (χ0n) is 7.87. The van der Waals surface area contributed by atoms with Gasteiger partial charge in [-0.25, -0.2) is 0 Å². The molecule has 0 amide bonds. The van der Waals surface area contributed by atoms with Gasteiger partial charge in [0.1, 0.15) is 6.04 Å². The minimum Gasteiger partial charge on any atom is -0.480 e. The molecule has 72 valence electrons. The highest BCUT2D eigenvalue weighted by Gasteiger charge is 2.32. The van der Waals surface area contributed by atoms with Gasteiger partial charge in [0.15, 0.2) is 0 Å². The van der Waals surface area contributed by atoms with Gasteiger partial charge in [-0.3, -0.25) is 4.79 Å². The molecular weight excluding hydrogens is 156 g/mol. The average molecular weight is 174 g/mol. The lowest BCUT2D eigenvalue weighted by atomic mass is 9.79. The van der Waals surface area contributed by atoms with E-state index in [0.717, 1.165) is 0 Å². The summed E-state index contributed by atoms with van der Waals surface area (Å²) in [6.07, 6.45) is 0.612. The van der Waals surface area contributed by atoms with Crippen molar-refractivity contribution in [2.24, 2.45) is 16.9 Å². The highest BCUT2D eigenvalue weighted by atomic mass is 16.4. The van der Waals surface area contributed by atoms with Crippen molar-refractivity contribution in [3.63, 3.8) is 0 Å². The SMILES string of the molecule is CC(N)CC(C)(C)C(N)C(=O)O. The number of carbonyl (C=O) groups is 1. The van der Waals surface area contributed by atoms with Crippen molar-refractivity contribution in [2.45, 2.75) is 39.3 Å². The lowest BCUT2D eigenvalue weighted by Crippen LogP contribution is -2.46. The normalized spacial score (nSPS) is 17.1. The summed E-state index contributed by atoms with van der Waals surface area (Å²) >= 11 is 0. The molecule has 0 aliphatic heterocycles. The minimum absolute atomic E-state index is 0.0228. The number of hydrogen-bond acceptors (Lipinski definition) is 3. The van der Waals surface area contributed by atoms with Gasteiger partial charge in [0.25, 0.3) is 0 Å². The summed E-state index contributed by atoms with van der Waals surface area (Å²) in [5.41, 5.74) is 10.6. The maximum atomic E-state index is 10.6. The van der Waals surface area contributed by atoms with Crippen LogP contribution in [0.1, 0.15) is 27.2 Å². The van der Waals surface area contributed by atoms with Gasteiger partial charge in [-0.2, -0.15) is 0 Å². The molecule has 0 rings (SSSR count). The Hall–Kier alpha value is -0.610. The summed E-state index contributed by atoms with van der Waals surface area (Å²) in [6.45, 7) is 5.47. The third-order valence-electron chi connectivity index (χ3n) is 1.96. The molecule has 0 aromatic carbocycles. The lowest BCUT2D eigenvalue weighted by Gasteiger charge is -2.30. The fraction of sp³-hybridized carbons (Fsp3) is 0.875. The summed E-state index contributed by atoms with van der Waals surface area (Å²) in [6, 6.07) is -0.867. The smallest absolute Gasteiger partial charge is 0.321 e. The zero-order chi connectivity index (χ0) is 9.94. The van der Waals surface area contributed by atoms with Crippen molar-refractivity contribution < 1.29 is 9.90 Å². The topological polar surface area (TPSA) is 89.3 Å². The van der Waals surface area contributed by atoms with E-state index >= 15 is 0 Å². The van der Waals surface area contributed by atoms with Gasteiger partial charge < -0.3 is 16.6 Å². The largest absolute Gasteiger partial charge is 0.480 e. The Morgan fingerprint density at radius 2 is 1.92 bits per heavy atom. The Bertz CT molecular complexity index is 166. The summed E-state index contributed by atoms with van der Waals surface area (Å²) in [4.78, 5) is 10.6. The molecule has 0 fully saturated rings. The molecule has 0 aliphatic rings. The number of carboxylic acids is 1. The molecule has 2 unspecified atom stereocenters. The van der Waals surface area contributed by atoms with Crippen LogP contribution < -0.4 is 11.5 Å². The first-order valence-corrected chi connectivity index (χ1v) is 4.01. The standard InChI is InChI=1S/C8H18N2O2/c1-5(9)4-8(2,3)6(10)7(11)12/h5-6H,4,9-10H2,1-3H3,(H,11,12). The van der Waals surface area contributed by atoms with Gasteiger partial charge in [-0.15, -0.1) is 0 Å². The molecule has 4 nitrogen and oxygen atoms in total. The predicted octanol–water partition coefficient (Wildman–Crippen LogP) is 0.162. The Kier molecular flexibility index (Phi) is 3.67. The highest BCUT2D eigenvalue weighted by molar-refractivity contribution is 5.74. The van der Waals surface area contributed by atoms with Crippen molar-refractivity contribution in [1.29, 1.82) is 0 Å². The fourth-order valence-corrected chi connectivity index (χ4v) is 1.29. The van der Waals surface area contributed by atoms with Crippen LogP contribution in [0.15, 0.2) is 0 Å². The summed E-state index contributed by atoms with van der Waals surface area (Å²) < 4.78 is 0. The summed E-state index contributed by atoms with van der Waals surface area (Å²) in [7, 11) is 0. The van der Waals surface area contributed by atoms with Crippen LogP contribution in [0.4, 0.5) is 0 Å². The number of rotatable bonds is 4. The van der Waals surface area contributed by atoms with Gasteiger partial charge in [0.2, 0.25) is 0 Å². The molecule has 0 aliphatic carbocycles. The molecule has 0 spiro atoms. The molecule has 5 N–H and O–H groups in total. The van der Waals surface area contributed by atoms with E-state index in [0.29, 0.717) is 6.42 Å². The van der Waals surface area contributed by atoms with Gasteiger partial charge in [-0.05, 0) is 18.8 Å². The van der Waals surface area contributed by atoms with E-state index in [1.165, 1.54) is 0 Å². The average Bonchev–Trinajstić information content (AvgIpc) is 1.82. The van der Waals surface area contributed by atoms with Gasteiger partial charge in [-0.1, -0.05) is 13.8 Å². The monoisotopic (exact) mass is 174 g/mol. The Morgan fingerprint density at radius 3 is 2.17 bits per heavy atom. The van der Waals surface area contributed by atoms with Crippen LogP contribution in [-0.2, 0) is 4.79 Å².